The summed E-state index contributed by atoms with van der Waals surface area (Å²) >= 11 is 0. The first-order valence-electron chi connectivity index (χ1n) is 20.5. The van der Waals surface area contributed by atoms with E-state index in [9.17, 15) is 14.9 Å². The Morgan fingerprint density at radius 2 is 1.57 bits per heavy atom. The molecule has 3 aliphatic heterocycles. The first-order chi connectivity index (χ1) is 28.9. The first kappa shape index (κ1) is 44.9. The topological polar surface area (TPSA) is 168 Å². The second-order valence-corrected chi connectivity index (χ2v) is 17.2. The summed E-state index contributed by atoms with van der Waals surface area (Å²) in [6.07, 6.45) is -1.05. The third-order valence-electron chi connectivity index (χ3n) is 10.7. The largest absolute Gasteiger partial charge is 0.497 e. The Kier molecular flexibility index (Phi) is 15.2. The number of carbonyl (C=O) groups is 2. The summed E-state index contributed by atoms with van der Waals surface area (Å²) < 4.78 is 41.0. The molecule has 0 spiro atoms. The van der Waals surface area contributed by atoms with Crippen molar-refractivity contribution in [2.45, 2.75) is 109 Å². The lowest BCUT2D eigenvalue weighted by molar-refractivity contribution is -0.133. The van der Waals surface area contributed by atoms with E-state index >= 15 is 0 Å². The number of nitrogens with one attached hydrogen (secondary N) is 3. The van der Waals surface area contributed by atoms with Crippen LogP contribution in [0.1, 0.15) is 71.1 Å². The van der Waals surface area contributed by atoms with Gasteiger partial charge in [-0.15, -0.1) is 0 Å². The third-order valence-corrected chi connectivity index (χ3v) is 12.9. The molecule has 16 heteroatoms. The maximum Gasteiger partial charge on any atom is 0.259 e. The lowest BCUT2D eigenvalue weighted by Gasteiger charge is -2.39. The molecule has 4 unspecified atom stereocenters. The zero-order valence-electron chi connectivity index (χ0n) is 35.6. The number of hydrogen-bond donors (Lipinski definition) is 3. The molecule has 3 N–H and O–H groups in total. The quantitative estimate of drug-likeness (QED) is 0.0778. The van der Waals surface area contributed by atoms with E-state index in [0.29, 0.717) is 17.9 Å². The van der Waals surface area contributed by atoms with E-state index < -0.39 is 51.1 Å². The summed E-state index contributed by atoms with van der Waals surface area (Å²) in [5.74, 6) is 0.603. The molecule has 15 nitrogen and oxygen atoms in total. The minimum Gasteiger partial charge on any atom is -0.497 e. The molecule has 0 aromatic heterocycles. The van der Waals surface area contributed by atoms with Crippen LogP contribution >= 0.6 is 8.53 Å². The van der Waals surface area contributed by atoms with Crippen LogP contribution in [0.5, 0.6) is 11.5 Å². The standard InChI is InChI=1S/C44H58N7O8P/c1-28(2)41(52)48-43-47-40-39(42(53)49-43)46-27-50(40)38-25-36(59-60(57-24-12-23-45)51(29(3)4)30(5)6)37(58-38)26-56-44(31-13-10-9-11-14-31,32-15-19-34(54-7)20-16-32)33-17-21-35(55-8)22-18-33/h9-11,13-22,27-30,36-40,43,47H,12,24-26H2,1-8H3,(H,48,52)(H,49,53)/t36-,37+,38+,39?,40?,43?,60?/m0/s1. The Morgan fingerprint density at radius 3 is 2.12 bits per heavy atom. The van der Waals surface area contributed by atoms with Gasteiger partial charge in [0.05, 0.1) is 52.4 Å². The van der Waals surface area contributed by atoms with Crippen molar-refractivity contribution < 1.29 is 37.6 Å². The van der Waals surface area contributed by atoms with E-state index in [1.165, 1.54) is 0 Å². The van der Waals surface area contributed by atoms with E-state index in [2.05, 4.69) is 59.4 Å². The van der Waals surface area contributed by atoms with Gasteiger partial charge in [-0.05, 0) is 68.7 Å². The van der Waals surface area contributed by atoms with Crippen molar-refractivity contribution in [1.82, 2.24) is 25.5 Å². The van der Waals surface area contributed by atoms with Crippen LogP contribution in [0.2, 0.25) is 0 Å². The normalized spacial score (nSPS) is 23.2. The zero-order chi connectivity index (χ0) is 43.0. The Labute approximate surface area is 354 Å². The highest BCUT2D eigenvalue weighted by Crippen LogP contribution is 2.50. The van der Waals surface area contributed by atoms with Gasteiger partial charge in [-0.2, -0.15) is 5.26 Å². The summed E-state index contributed by atoms with van der Waals surface area (Å²) in [5, 5.41) is 18.4. The maximum atomic E-state index is 13.3. The number of aliphatic imine (C=N–C) groups is 1. The van der Waals surface area contributed by atoms with Crippen LogP contribution < -0.4 is 25.4 Å². The van der Waals surface area contributed by atoms with E-state index in [1.54, 1.807) is 34.4 Å². The molecule has 0 radical (unpaired) electrons. The Bertz CT molecular complexity index is 1890. The number of methoxy groups -OCH3 is 2. The molecule has 6 rings (SSSR count). The molecule has 2 fully saturated rings. The van der Waals surface area contributed by atoms with Crippen LogP contribution in [0.3, 0.4) is 0 Å². The molecule has 3 aromatic rings. The van der Waals surface area contributed by atoms with Crippen molar-refractivity contribution in [2.75, 3.05) is 27.4 Å². The van der Waals surface area contributed by atoms with Crippen molar-refractivity contribution >= 4 is 26.7 Å². The van der Waals surface area contributed by atoms with E-state index in [4.69, 9.17) is 28.0 Å². The molecular weight excluding hydrogens is 785 g/mol. The highest BCUT2D eigenvalue weighted by molar-refractivity contribution is 7.44. The highest BCUT2D eigenvalue weighted by atomic mass is 31.2. The summed E-state index contributed by atoms with van der Waals surface area (Å²) in [6.45, 7) is 12.2. The van der Waals surface area contributed by atoms with Gasteiger partial charge in [0.2, 0.25) is 5.91 Å². The summed E-state index contributed by atoms with van der Waals surface area (Å²) in [4.78, 5) is 32.4. The van der Waals surface area contributed by atoms with E-state index in [1.807, 2.05) is 83.8 Å². The molecule has 2 saturated heterocycles. The van der Waals surface area contributed by atoms with Crippen molar-refractivity contribution in [2.24, 2.45) is 10.9 Å². The Morgan fingerprint density at radius 1 is 0.967 bits per heavy atom. The minimum absolute atomic E-state index is 0.0660. The Balaban J connectivity index is 1.38. The van der Waals surface area contributed by atoms with Gasteiger partial charge in [0, 0.05) is 24.4 Å². The average Bonchev–Trinajstić information content (AvgIpc) is 3.85. The highest BCUT2D eigenvalue weighted by Gasteiger charge is 2.50. The van der Waals surface area contributed by atoms with Crippen molar-refractivity contribution in [3.8, 4) is 17.6 Å². The zero-order valence-corrected chi connectivity index (χ0v) is 36.5. The van der Waals surface area contributed by atoms with Crippen molar-refractivity contribution in [1.29, 1.82) is 5.26 Å². The maximum absolute atomic E-state index is 13.3. The van der Waals surface area contributed by atoms with Crippen molar-refractivity contribution in [3.05, 3.63) is 95.6 Å². The summed E-state index contributed by atoms with van der Waals surface area (Å²) in [7, 11) is 1.60. The van der Waals surface area contributed by atoms with Gasteiger partial charge < -0.3 is 43.5 Å². The summed E-state index contributed by atoms with van der Waals surface area (Å²) in [5.41, 5.74) is 1.48. The predicted octanol–water partition coefficient (Wildman–Crippen LogP) is 5.60. The van der Waals surface area contributed by atoms with E-state index in [0.717, 1.165) is 16.7 Å². The number of fused-ring (bicyclic) bond motifs is 1. The smallest absolute Gasteiger partial charge is 0.259 e. The molecule has 3 heterocycles. The molecule has 0 aliphatic carbocycles. The third kappa shape index (κ3) is 9.93. The van der Waals surface area contributed by atoms with Gasteiger partial charge in [0.15, 0.2) is 12.3 Å². The number of carbonyl (C=O) groups excluding carboxylic acids is 2. The number of ether oxygens (including phenoxy) is 4. The number of rotatable bonds is 19. The van der Waals surface area contributed by atoms with Gasteiger partial charge in [-0.1, -0.05) is 68.4 Å². The number of nitriles is 1. The fourth-order valence-corrected chi connectivity index (χ4v) is 9.53. The van der Waals surface area contributed by atoms with Gasteiger partial charge in [-0.25, -0.2) is 4.67 Å². The Hall–Kier alpha value is -4.65. The van der Waals surface area contributed by atoms with Gasteiger partial charge in [0.25, 0.3) is 14.4 Å². The van der Waals surface area contributed by atoms with Crippen LogP contribution in [-0.2, 0) is 33.7 Å². The van der Waals surface area contributed by atoms with E-state index in [-0.39, 0.29) is 49.5 Å². The number of hydrogen-bond acceptors (Lipinski definition) is 13. The predicted molar refractivity (Wildman–Crippen MR) is 228 cm³/mol. The minimum atomic E-state index is -1.67. The van der Waals surface area contributed by atoms with Gasteiger partial charge in [0.1, 0.15) is 35.6 Å². The lowest BCUT2D eigenvalue weighted by atomic mass is 9.80. The molecule has 3 aromatic carbocycles. The molecular formula is C44H58N7O8P. The van der Waals surface area contributed by atoms with Crippen LogP contribution in [0.15, 0.2) is 83.9 Å². The molecule has 3 aliphatic rings. The molecule has 322 valence electrons. The van der Waals surface area contributed by atoms with Crippen LogP contribution in [0.25, 0.3) is 0 Å². The van der Waals surface area contributed by atoms with Crippen molar-refractivity contribution in [3.63, 3.8) is 0 Å². The second-order valence-electron chi connectivity index (χ2n) is 15.7. The number of benzene rings is 3. The van der Waals surface area contributed by atoms with Gasteiger partial charge in [-0.3, -0.25) is 19.9 Å². The fraction of sp³-hybridized carbons (Fsp3) is 0.500. The van der Waals surface area contributed by atoms with Crippen LogP contribution in [0, 0.1) is 17.2 Å². The van der Waals surface area contributed by atoms with Crippen LogP contribution in [-0.4, -0.2) is 104 Å². The average molecular weight is 844 g/mol. The molecule has 2 amide bonds. The summed E-state index contributed by atoms with van der Waals surface area (Å²) in [6, 6.07) is 27.2. The molecule has 7 atom stereocenters. The number of nitrogens with zero attached hydrogens (tertiary/aromatic N) is 4. The monoisotopic (exact) mass is 843 g/mol. The molecule has 0 saturated carbocycles. The SMILES string of the molecule is COc1ccc(C(OC[C@H]2O[C@@H](N3C=NC4C(=O)NC(NC(=O)C(C)C)NC43)C[C@@H]2OP(OCCC#N)N(C(C)C)C(C)C)(c2ccccc2)c2ccc(OC)cc2)cc1. The first-order valence-corrected chi connectivity index (χ1v) is 21.6. The molecule has 60 heavy (non-hydrogen) atoms. The van der Waals surface area contributed by atoms with Crippen LogP contribution in [0.4, 0.5) is 0 Å². The fourth-order valence-electron chi connectivity index (χ4n) is 7.77. The number of amides is 2. The second kappa shape index (κ2) is 20.3. The lowest BCUT2D eigenvalue weighted by Crippen LogP contribution is -2.71. The molecule has 0 bridgehead atoms. The van der Waals surface area contributed by atoms with Gasteiger partial charge >= 0.3 is 0 Å².